The van der Waals surface area contributed by atoms with Gasteiger partial charge in [0.15, 0.2) is 0 Å². The van der Waals surface area contributed by atoms with Crippen LogP contribution >= 0.6 is 0 Å². The van der Waals surface area contributed by atoms with E-state index >= 15 is 0 Å². The second-order valence-corrected chi connectivity index (χ2v) is 7.64. The van der Waals surface area contributed by atoms with Crippen LogP contribution in [0.1, 0.15) is 32.2 Å². The number of aromatic amines is 1. The Balaban J connectivity index is 1.41. The number of fused-ring (bicyclic) bond motifs is 1. The van der Waals surface area contributed by atoms with Crippen molar-refractivity contribution < 1.29 is 4.79 Å². The largest absolute Gasteiger partial charge is 0.354 e. The number of hydrogen-bond donors (Lipinski definition) is 2. The highest BCUT2D eigenvalue weighted by Crippen LogP contribution is 2.34. The van der Waals surface area contributed by atoms with Gasteiger partial charge in [-0.2, -0.15) is 5.10 Å². The van der Waals surface area contributed by atoms with E-state index in [1.807, 2.05) is 29.2 Å². The van der Waals surface area contributed by atoms with E-state index in [4.69, 9.17) is 0 Å². The Hall–Kier alpha value is -3.48. The number of carbonyl (C=O) groups is 1. The molecule has 0 saturated heterocycles. The third-order valence-electron chi connectivity index (χ3n) is 5.71. The minimum absolute atomic E-state index is 0.0256. The van der Waals surface area contributed by atoms with E-state index in [9.17, 15) is 4.79 Å². The lowest BCUT2D eigenvalue weighted by Crippen LogP contribution is -2.30. The van der Waals surface area contributed by atoms with Gasteiger partial charge < -0.3 is 5.32 Å². The van der Waals surface area contributed by atoms with E-state index in [0.29, 0.717) is 0 Å². The molecule has 2 heterocycles. The number of rotatable bonds is 4. The smallest absolute Gasteiger partial charge is 0.217 e. The van der Waals surface area contributed by atoms with Crippen molar-refractivity contribution in [1.82, 2.24) is 30.5 Å². The van der Waals surface area contributed by atoms with Gasteiger partial charge in [0, 0.05) is 23.9 Å². The monoisotopic (exact) mass is 386 g/mol. The maximum absolute atomic E-state index is 11.3. The Labute approximate surface area is 168 Å². The van der Waals surface area contributed by atoms with Crippen LogP contribution in [0.25, 0.3) is 33.3 Å². The maximum atomic E-state index is 11.3. The highest BCUT2D eigenvalue weighted by molar-refractivity contribution is 5.94. The summed E-state index contributed by atoms with van der Waals surface area (Å²) in [7, 11) is 0. The van der Waals surface area contributed by atoms with Crippen LogP contribution in [0.3, 0.4) is 0 Å². The van der Waals surface area contributed by atoms with E-state index in [-0.39, 0.29) is 18.0 Å². The molecule has 2 aromatic heterocycles. The number of nitrogens with zero attached hydrogens (tertiary/aromatic N) is 4. The van der Waals surface area contributed by atoms with Crippen molar-refractivity contribution in [1.29, 1.82) is 0 Å². The molecule has 0 spiro atoms. The summed E-state index contributed by atoms with van der Waals surface area (Å²) in [5.41, 5.74) is 5.42. The molecule has 1 fully saturated rings. The molecule has 0 radical (unpaired) electrons. The molecule has 7 nitrogen and oxygen atoms in total. The molecule has 0 unspecified atom stereocenters. The zero-order valence-corrected chi connectivity index (χ0v) is 16.2. The molecule has 2 aromatic carbocycles. The Kier molecular flexibility index (Phi) is 4.35. The van der Waals surface area contributed by atoms with Crippen LogP contribution in [-0.2, 0) is 4.79 Å². The molecule has 146 valence electrons. The highest BCUT2D eigenvalue weighted by atomic mass is 16.1. The first-order valence-corrected chi connectivity index (χ1v) is 9.89. The molecular formula is C22H22N6O. The van der Waals surface area contributed by atoms with Gasteiger partial charge in [0.2, 0.25) is 5.91 Å². The number of benzene rings is 2. The molecule has 0 bridgehead atoms. The molecule has 1 saturated carbocycles. The average Bonchev–Trinajstić information content (AvgIpc) is 3.47. The van der Waals surface area contributed by atoms with Crippen LogP contribution in [0.4, 0.5) is 0 Å². The lowest BCUT2D eigenvalue weighted by Gasteiger charge is -2.15. The summed E-state index contributed by atoms with van der Waals surface area (Å²) in [6.07, 6.45) is 6.52. The first kappa shape index (κ1) is 17.6. The van der Waals surface area contributed by atoms with E-state index in [0.717, 1.165) is 52.5 Å². The Morgan fingerprint density at radius 3 is 2.76 bits per heavy atom. The molecule has 0 aliphatic heterocycles. The predicted molar refractivity (Wildman–Crippen MR) is 111 cm³/mol. The lowest BCUT2D eigenvalue weighted by molar-refractivity contribution is -0.119. The van der Waals surface area contributed by atoms with Crippen molar-refractivity contribution in [3.63, 3.8) is 0 Å². The summed E-state index contributed by atoms with van der Waals surface area (Å²) in [4.78, 5) is 11.3. The molecule has 1 aliphatic carbocycles. The molecule has 29 heavy (non-hydrogen) atoms. The number of hydrogen-bond acceptors (Lipinski definition) is 4. The second kappa shape index (κ2) is 7.16. The molecule has 1 aliphatic rings. The summed E-state index contributed by atoms with van der Waals surface area (Å²) in [5.74, 6) is 0.0256. The fourth-order valence-corrected chi connectivity index (χ4v) is 4.36. The van der Waals surface area contributed by atoms with Crippen molar-refractivity contribution in [2.75, 3.05) is 0 Å². The zero-order chi connectivity index (χ0) is 19.8. The second-order valence-electron chi connectivity index (χ2n) is 7.64. The normalized spacial score (nSPS) is 18.9. The van der Waals surface area contributed by atoms with Crippen LogP contribution in [0.5, 0.6) is 0 Å². The zero-order valence-electron chi connectivity index (χ0n) is 16.2. The number of amides is 1. The van der Waals surface area contributed by atoms with E-state index in [1.165, 1.54) is 0 Å². The summed E-state index contributed by atoms with van der Waals surface area (Å²) < 4.78 is 2.01. The van der Waals surface area contributed by atoms with E-state index in [2.05, 4.69) is 56.2 Å². The molecular weight excluding hydrogens is 364 g/mol. The highest BCUT2D eigenvalue weighted by Gasteiger charge is 2.28. The van der Waals surface area contributed by atoms with Crippen LogP contribution in [0, 0.1) is 0 Å². The molecule has 2 N–H and O–H groups in total. The van der Waals surface area contributed by atoms with Crippen molar-refractivity contribution in [2.24, 2.45) is 0 Å². The molecule has 7 heteroatoms. The van der Waals surface area contributed by atoms with Gasteiger partial charge in [0.05, 0.1) is 29.6 Å². The Bertz CT molecular complexity index is 1160. The fourth-order valence-electron chi connectivity index (χ4n) is 4.36. The summed E-state index contributed by atoms with van der Waals surface area (Å²) in [5, 5.41) is 19.8. The summed E-state index contributed by atoms with van der Waals surface area (Å²) in [6.45, 7) is 1.57. The van der Waals surface area contributed by atoms with E-state index in [1.54, 1.807) is 6.92 Å². The lowest BCUT2D eigenvalue weighted by atomic mass is 10.00. The third kappa shape index (κ3) is 3.29. The van der Waals surface area contributed by atoms with Crippen molar-refractivity contribution in [3.8, 4) is 22.4 Å². The van der Waals surface area contributed by atoms with Gasteiger partial charge in [-0.05, 0) is 36.5 Å². The van der Waals surface area contributed by atoms with Gasteiger partial charge in [0.25, 0.3) is 0 Å². The number of aromatic nitrogens is 5. The van der Waals surface area contributed by atoms with Gasteiger partial charge in [-0.3, -0.25) is 9.89 Å². The minimum atomic E-state index is 0.0256. The topological polar surface area (TPSA) is 88.5 Å². The van der Waals surface area contributed by atoms with Crippen LogP contribution in [-0.4, -0.2) is 37.1 Å². The van der Waals surface area contributed by atoms with Crippen LogP contribution < -0.4 is 5.32 Å². The third-order valence-corrected chi connectivity index (χ3v) is 5.71. The van der Waals surface area contributed by atoms with Gasteiger partial charge >= 0.3 is 0 Å². The van der Waals surface area contributed by atoms with Crippen LogP contribution in [0.2, 0.25) is 0 Å². The Morgan fingerprint density at radius 2 is 1.93 bits per heavy atom. The molecule has 1 amide bonds. The predicted octanol–water partition coefficient (Wildman–Crippen LogP) is 3.72. The van der Waals surface area contributed by atoms with Crippen molar-refractivity contribution in [2.45, 2.75) is 38.3 Å². The SMILES string of the molecule is CC(=O)N[C@H]1CC[C@@H](n2nncc2-c2ccc(-c3cccc4[nH]ncc34)cc2)C1. The molecule has 2 atom stereocenters. The maximum Gasteiger partial charge on any atom is 0.217 e. The molecule has 4 aromatic rings. The minimum Gasteiger partial charge on any atom is -0.354 e. The number of nitrogens with one attached hydrogen (secondary N) is 2. The summed E-state index contributed by atoms with van der Waals surface area (Å²) >= 11 is 0. The van der Waals surface area contributed by atoms with Gasteiger partial charge in [0.1, 0.15) is 0 Å². The quantitative estimate of drug-likeness (QED) is 0.559. The number of carbonyl (C=O) groups excluding carboxylic acids is 1. The molecule has 5 rings (SSSR count). The fraction of sp³-hybridized carbons (Fsp3) is 0.273. The first-order chi connectivity index (χ1) is 14.2. The van der Waals surface area contributed by atoms with Gasteiger partial charge in [-0.1, -0.05) is 41.6 Å². The average molecular weight is 386 g/mol. The summed E-state index contributed by atoms with van der Waals surface area (Å²) in [6, 6.07) is 15.1. The first-order valence-electron chi connectivity index (χ1n) is 9.89. The number of H-pyrrole nitrogens is 1. The van der Waals surface area contributed by atoms with Crippen molar-refractivity contribution >= 4 is 16.8 Å². The standard InChI is InChI=1S/C22H22N6O/c1-14(29)25-17-9-10-18(11-17)28-22(13-24-27-28)16-7-5-15(6-8-16)19-3-2-4-21-20(19)12-23-26-21/h2-8,12-13,17-18H,9-11H2,1H3,(H,23,26)(H,25,29)/t17-,18+/m0/s1. The Morgan fingerprint density at radius 1 is 1.10 bits per heavy atom. The van der Waals surface area contributed by atoms with Crippen molar-refractivity contribution in [3.05, 3.63) is 54.9 Å². The van der Waals surface area contributed by atoms with Gasteiger partial charge in [-0.25, -0.2) is 4.68 Å². The van der Waals surface area contributed by atoms with Gasteiger partial charge in [-0.15, -0.1) is 5.10 Å². The van der Waals surface area contributed by atoms with Crippen LogP contribution in [0.15, 0.2) is 54.9 Å². The van der Waals surface area contributed by atoms with E-state index < -0.39 is 0 Å².